The van der Waals surface area contributed by atoms with Gasteiger partial charge in [0, 0.05) is 25.5 Å². The normalized spacial score (nSPS) is 11.9. The standard InChI is InChI=1S/C21H25N5O3/c1-3-25-18(9-12-22-25)15-24(14-11-17-7-5-4-6-8-17)20(27)19-10-13-23-26(19)16(2)21(28)29/h4-10,12-13,16H,3,11,14-15H2,1-2H3,(H,28,29). The molecule has 2 aromatic heterocycles. The predicted octanol–water partition coefficient (Wildman–Crippen LogP) is 2.63. The van der Waals surface area contributed by atoms with Gasteiger partial charge in [-0.2, -0.15) is 10.2 Å². The van der Waals surface area contributed by atoms with Crippen LogP contribution in [0, 0.1) is 0 Å². The van der Waals surface area contributed by atoms with Crippen molar-refractivity contribution in [2.75, 3.05) is 6.54 Å². The number of rotatable bonds is 9. The van der Waals surface area contributed by atoms with E-state index in [1.807, 2.05) is 48.0 Å². The van der Waals surface area contributed by atoms with Gasteiger partial charge >= 0.3 is 5.97 Å². The number of carboxylic acids is 1. The Labute approximate surface area is 169 Å². The molecule has 0 spiro atoms. The number of carboxylic acid groups (broad SMARTS) is 1. The third kappa shape index (κ3) is 4.71. The molecular weight excluding hydrogens is 370 g/mol. The molecule has 2 heterocycles. The van der Waals surface area contributed by atoms with Crippen LogP contribution in [0.25, 0.3) is 0 Å². The van der Waals surface area contributed by atoms with E-state index in [0.29, 0.717) is 26.1 Å². The molecule has 29 heavy (non-hydrogen) atoms. The summed E-state index contributed by atoms with van der Waals surface area (Å²) in [6.07, 6.45) is 3.86. The van der Waals surface area contributed by atoms with Crippen LogP contribution >= 0.6 is 0 Å². The summed E-state index contributed by atoms with van der Waals surface area (Å²) in [6.45, 7) is 5.08. The highest BCUT2D eigenvalue weighted by molar-refractivity contribution is 5.93. The van der Waals surface area contributed by atoms with E-state index in [0.717, 1.165) is 11.3 Å². The quantitative estimate of drug-likeness (QED) is 0.601. The lowest BCUT2D eigenvalue weighted by atomic mass is 10.1. The van der Waals surface area contributed by atoms with Gasteiger partial charge in [-0.1, -0.05) is 30.3 Å². The van der Waals surface area contributed by atoms with Crippen LogP contribution in [-0.2, 0) is 24.3 Å². The number of nitrogens with zero attached hydrogens (tertiary/aromatic N) is 5. The molecule has 0 aliphatic heterocycles. The van der Waals surface area contributed by atoms with Gasteiger partial charge in [-0.3, -0.25) is 9.48 Å². The first-order valence-electron chi connectivity index (χ1n) is 9.61. The number of hydrogen-bond donors (Lipinski definition) is 1. The van der Waals surface area contributed by atoms with Gasteiger partial charge in [0.15, 0.2) is 0 Å². The molecule has 1 N–H and O–H groups in total. The van der Waals surface area contributed by atoms with Crippen molar-refractivity contribution >= 4 is 11.9 Å². The molecule has 0 fully saturated rings. The topological polar surface area (TPSA) is 93.3 Å². The lowest BCUT2D eigenvalue weighted by Gasteiger charge is -2.24. The van der Waals surface area contributed by atoms with Crippen LogP contribution in [0.2, 0.25) is 0 Å². The van der Waals surface area contributed by atoms with E-state index in [-0.39, 0.29) is 11.6 Å². The second kappa shape index (κ2) is 9.18. The Morgan fingerprint density at radius 1 is 1.10 bits per heavy atom. The minimum absolute atomic E-state index is 0.254. The van der Waals surface area contributed by atoms with Crippen molar-refractivity contribution in [3.05, 3.63) is 71.8 Å². The third-order valence-electron chi connectivity index (χ3n) is 4.87. The van der Waals surface area contributed by atoms with E-state index in [4.69, 9.17) is 0 Å². The number of aliphatic carboxylic acids is 1. The number of carbonyl (C=O) groups is 2. The number of hydrogen-bond acceptors (Lipinski definition) is 4. The van der Waals surface area contributed by atoms with Crippen LogP contribution in [0.5, 0.6) is 0 Å². The molecule has 8 heteroatoms. The minimum atomic E-state index is -1.04. The van der Waals surface area contributed by atoms with Crippen molar-refractivity contribution in [3.8, 4) is 0 Å². The summed E-state index contributed by atoms with van der Waals surface area (Å²) < 4.78 is 3.11. The van der Waals surface area contributed by atoms with Crippen molar-refractivity contribution in [3.63, 3.8) is 0 Å². The van der Waals surface area contributed by atoms with Gasteiger partial charge in [0.2, 0.25) is 0 Å². The van der Waals surface area contributed by atoms with Gasteiger partial charge in [-0.25, -0.2) is 9.48 Å². The van der Waals surface area contributed by atoms with Crippen molar-refractivity contribution in [2.45, 2.75) is 39.4 Å². The fourth-order valence-corrected chi connectivity index (χ4v) is 3.19. The Bertz CT molecular complexity index is 964. The zero-order valence-electron chi connectivity index (χ0n) is 16.6. The SMILES string of the molecule is CCn1nccc1CN(CCc1ccccc1)C(=O)c1ccnn1C(C)C(=O)O. The van der Waals surface area contributed by atoms with Crippen LogP contribution in [0.15, 0.2) is 54.9 Å². The number of amides is 1. The molecule has 0 saturated carbocycles. The zero-order valence-corrected chi connectivity index (χ0v) is 16.6. The maximum atomic E-state index is 13.3. The van der Waals surface area contributed by atoms with Crippen LogP contribution < -0.4 is 0 Å². The van der Waals surface area contributed by atoms with Gasteiger partial charge in [-0.05, 0) is 38.0 Å². The van der Waals surface area contributed by atoms with Gasteiger partial charge < -0.3 is 10.0 Å². The molecule has 0 saturated heterocycles. The maximum absolute atomic E-state index is 13.3. The lowest BCUT2D eigenvalue weighted by Crippen LogP contribution is -2.35. The highest BCUT2D eigenvalue weighted by Crippen LogP contribution is 2.15. The molecule has 3 rings (SSSR count). The molecular formula is C21H25N5O3. The average Bonchev–Trinajstić information content (AvgIpc) is 3.39. The Hall–Kier alpha value is -3.42. The van der Waals surface area contributed by atoms with E-state index in [1.165, 1.54) is 17.8 Å². The minimum Gasteiger partial charge on any atom is -0.480 e. The highest BCUT2D eigenvalue weighted by Gasteiger charge is 2.25. The molecule has 152 valence electrons. The van der Waals surface area contributed by atoms with Crippen molar-refractivity contribution in [2.24, 2.45) is 0 Å². The number of benzene rings is 1. The second-order valence-electron chi connectivity index (χ2n) is 6.78. The summed E-state index contributed by atoms with van der Waals surface area (Å²) >= 11 is 0. The first-order valence-corrected chi connectivity index (χ1v) is 9.61. The monoisotopic (exact) mass is 395 g/mol. The van der Waals surface area contributed by atoms with E-state index in [2.05, 4.69) is 10.2 Å². The van der Waals surface area contributed by atoms with E-state index < -0.39 is 12.0 Å². The fraction of sp³-hybridized carbons (Fsp3) is 0.333. The molecule has 0 bridgehead atoms. The molecule has 0 radical (unpaired) electrons. The molecule has 1 atom stereocenters. The van der Waals surface area contributed by atoms with Crippen LogP contribution in [-0.4, -0.2) is 48.0 Å². The van der Waals surface area contributed by atoms with E-state index >= 15 is 0 Å². The Balaban J connectivity index is 1.86. The van der Waals surface area contributed by atoms with E-state index in [9.17, 15) is 14.7 Å². The summed E-state index contributed by atoms with van der Waals surface area (Å²) in [4.78, 5) is 26.5. The third-order valence-corrected chi connectivity index (χ3v) is 4.87. The first-order chi connectivity index (χ1) is 14.0. The molecule has 8 nitrogen and oxygen atoms in total. The summed E-state index contributed by atoms with van der Waals surface area (Å²) in [5, 5.41) is 17.7. The molecule has 1 amide bonds. The molecule has 1 aromatic carbocycles. The number of carbonyl (C=O) groups excluding carboxylic acids is 1. The summed E-state index contributed by atoms with van der Waals surface area (Å²) in [7, 11) is 0. The summed E-state index contributed by atoms with van der Waals surface area (Å²) in [5.41, 5.74) is 2.31. The van der Waals surface area contributed by atoms with Gasteiger partial charge in [-0.15, -0.1) is 0 Å². The highest BCUT2D eigenvalue weighted by atomic mass is 16.4. The maximum Gasteiger partial charge on any atom is 0.328 e. The van der Waals surface area contributed by atoms with Crippen LogP contribution in [0.3, 0.4) is 0 Å². The number of aromatic nitrogens is 4. The number of aryl methyl sites for hydroxylation is 1. The van der Waals surface area contributed by atoms with Crippen molar-refractivity contribution < 1.29 is 14.7 Å². The molecule has 1 unspecified atom stereocenters. The Kier molecular flexibility index (Phi) is 6.43. The summed E-state index contributed by atoms with van der Waals surface area (Å²) in [5.74, 6) is -1.29. The van der Waals surface area contributed by atoms with Crippen molar-refractivity contribution in [1.29, 1.82) is 0 Å². The second-order valence-corrected chi connectivity index (χ2v) is 6.78. The van der Waals surface area contributed by atoms with E-state index in [1.54, 1.807) is 17.2 Å². The average molecular weight is 395 g/mol. The first kappa shape index (κ1) is 20.3. The molecule has 3 aromatic rings. The summed E-state index contributed by atoms with van der Waals surface area (Å²) in [6, 6.07) is 12.5. The molecule has 0 aliphatic rings. The predicted molar refractivity (Wildman–Crippen MR) is 107 cm³/mol. The van der Waals surface area contributed by atoms with Gasteiger partial charge in [0.05, 0.1) is 12.2 Å². The Morgan fingerprint density at radius 2 is 1.83 bits per heavy atom. The lowest BCUT2D eigenvalue weighted by molar-refractivity contribution is -0.140. The van der Waals surface area contributed by atoms with Crippen molar-refractivity contribution in [1.82, 2.24) is 24.5 Å². The smallest absolute Gasteiger partial charge is 0.328 e. The van der Waals surface area contributed by atoms with Crippen LogP contribution in [0.1, 0.15) is 41.6 Å². The molecule has 0 aliphatic carbocycles. The zero-order chi connectivity index (χ0) is 20.8. The fourth-order valence-electron chi connectivity index (χ4n) is 3.19. The largest absolute Gasteiger partial charge is 0.480 e. The Morgan fingerprint density at radius 3 is 2.52 bits per heavy atom. The van der Waals surface area contributed by atoms with Gasteiger partial charge in [0.25, 0.3) is 5.91 Å². The van der Waals surface area contributed by atoms with Gasteiger partial charge in [0.1, 0.15) is 11.7 Å². The van der Waals surface area contributed by atoms with Crippen LogP contribution in [0.4, 0.5) is 0 Å².